The fourth-order valence-corrected chi connectivity index (χ4v) is 2.57. The normalized spacial score (nSPS) is 11.6. The van der Waals surface area contributed by atoms with E-state index in [1.54, 1.807) is 0 Å². The molecule has 0 saturated carbocycles. The molecule has 4 nitrogen and oxygen atoms in total. The van der Waals surface area contributed by atoms with Crippen molar-refractivity contribution in [3.63, 3.8) is 0 Å². The molecule has 0 aromatic rings. The summed E-state index contributed by atoms with van der Waals surface area (Å²) in [5, 5.41) is 0. The van der Waals surface area contributed by atoms with E-state index in [1.165, 1.54) is 64.2 Å². The maximum absolute atomic E-state index is 5.45. The smallest absolute Gasteiger partial charge is 0.147 e. The second kappa shape index (κ2) is 24.6. The van der Waals surface area contributed by atoms with Crippen molar-refractivity contribution in [1.82, 2.24) is 0 Å². The van der Waals surface area contributed by atoms with Gasteiger partial charge in [-0.2, -0.15) is 0 Å². The van der Waals surface area contributed by atoms with E-state index < -0.39 is 0 Å². The molecule has 0 aromatic heterocycles. The summed E-state index contributed by atoms with van der Waals surface area (Å²) in [6.45, 7) is 7.97. The minimum atomic E-state index is 0.377. The van der Waals surface area contributed by atoms with Gasteiger partial charge in [-0.05, 0) is 12.8 Å². The molecular formula is C22H44O4. The van der Waals surface area contributed by atoms with Crippen LogP contribution in [0.2, 0.25) is 0 Å². The number of unbranched alkanes of at least 4 members (excludes halogenated alkanes) is 10. The van der Waals surface area contributed by atoms with E-state index >= 15 is 0 Å². The summed E-state index contributed by atoms with van der Waals surface area (Å²) >= 11 is 0. The van der Waals surface area contributed by atoms with Crippen molar-refractivity contribution < 1.29 is 18.9 Å². The van der Waals surface area contributed by atoms with Gasteiger partial charge in [-0.15, -0.1) is 0 Å². The molecule has 0 atom stereocenters. The Labute approximate surface area is 162 Å². The van der Waals surface area contributed by atoms with Crippen LogP contribution in [0.1, 0.15) is 90.9 Å². The van der Waals surface area contributed by atoms with Crippen LogP contribution in [0.5, 0.6) is 0 Å². The van der Waals surface area contributed by atoms with Crippen LogP contribution >= 0.6 is 0 Å². The van der Waals surface area contributed by atoms with Gasteiger partial charge in [0.05, 0.1) is 13.2 Å². The zero-order valence-corrected chi connectivity index (χ0v) is 17.5. The van der Waals surface area contributed by atoms with E-state index in [1.807, 2.05) is 12.2 Å². The summed E-state index contributed by atoms with van der Waals surface area (Å²) in [5.41, 5.74) is 0. The Morgan fingerprint density at radius 1 is 0.462 bits per heavy atom. The van der Waals surface area contributed by atoms with Gasteiger partial charge in [0.15, 0.2) is 0 Å². The first kappa shape index (κ1) is 25.6. The average molecular weight is 373 g/mol. The second-order valence-corrected chi connectivity index (χ2v) is 6.80. The van der Waals surface area contributed by atoms with Crippen LogP contribution < -0.4 is 0 Å². The molecule has 0 amide bonds. The summed E-state index contributed by atoms with van der Waals surface area (Å²) < 4.78 is 21.7. The van der Waals surface area contributed by atoms with Gasteiger partial charge in [0.2, 0.25) is 0 Å². The van der Waals surface area contributed by atoms with Gasteiger partial charge in [-0.25, -0.2) is 0 Å². The van der Waals surface area contributed by atoms with E-state index in [0.29, 0.717) is 26.8 Å². The highest BCUT2D eigenvalue weighted by Gasteiger charge is 1.92. The maximum Gasteiger partial charge on any atom is 0.147 e. The molecule has 0 aliphatic heterocycles. The van der Waals surface area contributed by atoms with Gasteiger partial charge >= 0.3 is 0 Å². The molecular weight excluding hydrogens is 328 g/mol. The highest BCUT2D eigenvalue weighted by atomic mass is 16.7. The van der Waals surface area contributed by atoms with E-state index in [0.717, 1.165) is 26.1 Å². The number of hydrogen-bond donors (Lipinski definition) is 0. The molecule has 0 N–H and O–H groups in total. The highest BCUT2D eigenvalue weighted by Crippen LogP contribution is 2.05. The van der Waals surface area contributed by atoms with Crippen molar-refractivity contribution in [1.29, 1.82) is 0 Å². The third kappa shape index (κ3) is 23.6. The predicted octanol–water partition coefficient (Wildman–Crippen LogP) is 6.25. The molecule has 0 aromatic carbocycles. The fraction of sp³-hybridized carbons (Fsp3) is 0.909. The SMILES string of the molecule is CCCCCCCCOCOCC=CCOCOCCCCCCCC. The van der Waals surface area contributed by atoms with Gasteiger partial charge in [0.1, 0.15) is 13.6 Å². The minimum Gasteiger partial charge on any atom is -0.355 e. The average Bonchev–Trinajstić information content (AvgIpc) is 2.66. The van der Waals surface area contributed by atoms with Crippen molar-refractivity contribution in [2.45, 2.75) is 90.9 Å². The lowest BCUT2D eigenvalue weighted by Gasteiger charge is -2.05. The lowest BCUT2D eigenvalue weighted by atomic mass is 10.1. The van der Waals surface area contributed by atoms with Crippen LogP contribution in [0, 0.1) is 0 Å². The molecule has 4 heteroatoms. The van der Waals surface area contributed by atoms with Crippen LogP contribution in [-0.4, -0.2) is 40.0 Å². The van der Waals surface area contributed by atoms with E-state index in [9.17, 15) is 0 Å². The lowest BCUT2D eigenvalue weighted by Crippen LogP contribution is -2.03. The Kier molecular flexibility index (Phi) is 24.2. The first-order valence-electron chi connectivity index (χ1n) is 10.9. The first-order valence-corrected chi connectivity index (χ1v) is 10.9. The molecule has 0 fully saturated rings. The standard InChI is InChI=1S/C22H44O4/c1-3-5-7-9-11-13-17-23-21-25-19-15-16-20-26-22-24-18-14-12-10-8-6-4-2/h15-16H,3-14,17-22H2,1-2H3. The maximum atomic E-state index is 5.45. The van der Waals surface area contributed by atoms with Crippen molar-refractivity contribution in [2.75, 3.05) is 40.0 Å². The minimum absolute atomic E-state index is 0.377. The molecule has 0 rings (SSSR count). The molecule has 0 aliphatic carbocycles. The second-order valence-electron chi connectivity index (χ2n) is 6.80. The van der Waals surface area contributed by atoms with Crippen molar-refractivity contribution in [3.8, 4) is 0 Å². The van der Waals surface area contributed by atoms with Gasteiger partial charge < -0.3 is 18.9 Å². The van der Waals surface area contributed by atoms with Gasteiger partial charge in [0.25, 0.3) is 0 Å². The summed E-state index contributed by atoms with van der Waals surface area (Å²) in [7, 11) is 0. The molecule has 0 bridgehead atoms. The third-order valence-corrected chi connectivity index (χ3v) is 4.21. The Bertz CT molecular complexity index is 243. The quantitative estimate of drug-likeness (QED) is 0.128. The van der Waals surface area contributed by atoms with Gasteiger partial charge in [-0.1, -0.05) is 90.2 Å². The number of hydrogen-bond acceptors (Lipinski definition) is 4. The molecule has 0 aliphatic rings. The zero-order valence-electron chi connectivity index (χ0n) is 17.5. The van der Waals surface area contributed by atoms with Crippen molar-refractivity contribution in [2.24, 2.45) is 0 Å². The highest BCUT2D eigenvalue weighted by molar-refractivity contribution is 4.80. The van der Waals surface area contributed by atoms with E-state index in [2.05, 4.69) is 13.8 Å². The summed E-state index contributed by atoms with van der Waals surface area (Å²) in [6, 6.07) is 0. The molecule has 0 heterocycles. The number of ether oxygens (including phenoxy) is 4. The predicted molar refractivity (Wildman–Crippen MR) is 109 cm³/mol. The van der Waals surface area contributed by atoms with E-state index in [4.69, 9.17) is 18.9 Å². The van der Waals surface area contributed by atoms with Gasteiger partial charge in [-0.3, -0.25) is 0 Å². The Hall–Kier alpha value is -0.420. The lowest BCUT2D eigenvalue weighted by molar-refractivity contribution is -0.0480. The zero-order chi connectivity index (χ0) is 19.0. The monoisotopic (exact) mass is 372 g/mol. The molecule has 0 saturated heterocycles. The van der Waals surface area contributed by atoms with Crippen LogP contribution in [0.3, 0.4) is 0 Å². The first-order chi connectivity index (χ1) is 12.9. The largest absolute Gasteiger partial charge is 0.355 e. The van der Waals surface area contributed by atoms with Crippen LogP contribution in [0.25, 0.3) is 0 Å². The van der Waals surface area contributed by atoms with Crippen LogP contribution in [0.4, 0.5) is 0 Å². The Morgan fingerprint density at radius 3 is 1.27 bits per heavy atom. The Morgan fingerprint density at radius 2 is 0.846 bits per heavy atom. The molecule has 0 unspecified atom stereocenters. The van der Waals surface area contributed by atoms with Crippen LogP contribution in [-0.2, 0) is 18.9 Å². The summed E-state index contributed by atoms with van der Waals surface area (Å²) in [4.78, 5) is 0. The summed E-state index contributed by atoms with van der Waals surface area (Å²) in [6.07, 6.45) is 19.4. The van der Waals surface area contributed by atoms with Crippen LogP contribution in [0.15, 0.2) is 12.2 Å². The molecule has 0 radical (unpaired) electrons. The molecule has 0 spiro atoms. The third-order valence-electron chi connectivity index (χ3n) is 4.21. The van der Waals surface area contributed by atoms with Crippen molar-refractivity contribution >= 4 is 0 Å². The Balaban J connectivity index is 3.04. The van der Waals surface area contributed by atoms with E-state index in [-0.39, 0.29) is 0 Å². The topological polar surface area (TPSA) is 36.9 Å². The number of rotatable bonds is 22. The van der Waals surface area contributed by atoms with Gasteiger partial charge in [0, 0.05) is 13.2 Å². The fourth-order valence-electron chi connectivity index (χ4n) is 2.57. The molecule has 26 heavy (non-hydrogen) atoms. The summed E-state index contributed by atoms with van der Waals surface area (Å²) in [5.74, 6) is 0. The molecule has 156 valence electrons. The van der Waals surface area contributed by atoms with Crippen molar-refractivity contribution in [3.05, 3.63) is 12.2 Å².